The lowest BCUT2D eigenvalue weighted by Gasteiger charge is -2.13. The second-order valence-electron chi connectivity index (χ2n) is 4.29. The summed E-state index contributed by atoms with van der Waals surface area (Å²) in [5.41, 5.74) is 2.33. The van der Waals surface area contributed by atoms with E-state index in [0.29, 0.717) is 6.54 Å². The quantitative estimate of drug-likeness (QED) is 0.582. The van der Waals surface area contributed by atoms with Crippen molar-refractivity contribution < 1.29 is 4.79 Å². The Balaban J connectivity index is 2.32. The summed E-state index contributed by atoms with van der Waals surface area (Å²) in [6.07, 6.45) is 0. The maximum Gasteiger partial charge on any atom is 0.316 e. The van der Waals surface area contributed by atoms with Crippen LogP contribution in [-0.2, 0) is 6.54 Å². The van der Waals surface area contributed by atoms with E-state index in [1.807, 2.05) is 6.07 Å². The number of fused-ring (bicyclic) bond motifs is 1. The Morgan fingerprint density at radius 3 is 2.53 bits per heavy atom. The average Bonchev–Trinajstić information content (AvgIpc) is 2.29. The van der Waals surface area contributed by atoms with E-state index < -0.39 is 5.37 Å². The fraction of sp³-hybridized carbons (Fsp3) is 0.214. The van der Waals surface area contributed by atoms with Gasteiger partial charge in [-0.3, -0.25) is 4.79 Å². The monoisotopic (exact) mass is 247 g/mol. The van der Waals surface area contributed by atoms with Gasteiger partial charge < -0.3 is 4.90 Å². The number of nitrogens with zero attached hydrogens (tertiary/aromatic N) is 1. The summed E-state index contributed by atoms with van der Waals surface area (Å²) in [5.74, 6) is 0. The lowest BCUT2D eigenvalue weighted by molar-refractivity contribution is 0.230. The Kier molecular flexibility index (Phi) is 3.34. The molecule has 0 aromatic heterocycles. The van der Waals surface area contributed by atoms with E-state index >= 15 is 0 Å². The highest BCUT2D eigenvalue weighted by atomic mass is 35.5. The zero-order valence-corrected chi connectivity index (χ0v) is 10.7. The highest BCUT2D eigenvalue weighted by Gasteiger charge is 2.05. The number of rotatable bonds is 2. The van der Waals surface area contributed by atoms with Gasteiger partial charge in [-0.15, -0.1) is 0 Å². The van der Waals surface area contributed by atoms with Crippen LogP contribution in [-0.4, -0.2) is 17.3 Å². The molecule has 88 valence electrons. The average molecular weight is 248 g/mol. The van der Waals surface area contributed by atoms with Crippen LogP contribution >= 0.6 is 11.6 Å². The molecule has 3 heteroatoms. The molecule has 0 saturated heterocycles. The minimum atomic E-state index is -0.436. The number of hydrogen-bond donors (Lipinski definition) is 0. The fourth-order valence-corrected chi connectivity index (χ4v) is 1.91. The van der Waals surface area contributed by atoms with Crippen molar-refractivity contribution in [2.75, 3.05) is 7.05 Å². The van der Waals surface area contributed by atoms with Crippen molar-refractivity contribution >= 4 is 27.7 Å². The molecule has 0 aliphatic heterocycles. The Hall–Kier alpha value is -1.54. The van der Waals surface area contributed by atoms with Crippen molar-refractivity contribution in [1.29, 1.82) is 0 Å². The normalized spacial score (nSPS) is 10.5. The van der Waals surface area contributed by atoms with Gasteiger partial charge in [-0.2, -0.15) is 0 Å². The topological polar surface area (TPSA) is 20.3 Å². The lowest BCUT2D eigenvalue weighted by atomic mass is 10.0. The fourth-order valence-electron chi connectivity index (χ4n) is 1.85. The van der Waals surface area contributed by atoms with Gasteiger partial charge in [0.25, 0.3) is 0 Å². The maximum atomic E-state index is 10.9. The van der Waals surface area contributed by atoms with E-state index in [-0.39, 0.29) is 0 Å². The summed E-state index contributed by atoms with van der Waals surface area (Å²) in [4.78, 5) is 12.4. The molecule has 1 amide bonds. The van der Waals surface area contributed by atoms with Gasteiger partial charge in [-0.05, 0) is 40.9 Å². The van der Waals surface area contributed by atoms with Crippen LogP contribution in [0.2, 0.25) is 0 Å². The van der Waals surface area contributed by atoms with Gasteiger partial charge in [-0.1, -0.05) is 35.9 Å². The highest BCUT2D eigenvalue weighted by Crippen LogP contribution is 2.18. The summed E-state index contributed by atoms with van der Waals surface area (Å²) in [6.45, 7) is 2.61. The third-order valence-corrected chi connectivity index (χ3v) is 3.07. The first-order chi connectivity index (χ1) is 8.06. The first-order valence-corrected chi connectivity index (χ1v) is 5.84. The molecule has 2 nitrogen and oxygen atoms in total. The third-order valence-electron chi connectivity index (χ3n) is 2.78. The van der Waals surface area contributed by atoms with Crippen LogP contribution in [0.15, 0.2) is 36.4 Å². The summed E-state index contributed by atoms with van der Waals surface area (Å²) in [5, 5.41) is 1.96. The molecule has 0 unspecified atom stereocenters. The van der Waals surface area contributed by atoms with Crippen molar-refractivity contribution in [3.8, 4) is 0 Å². The second kappa shape index (κ2) is 4.76. The van der Waals surface area contributed by atoms with Crippen LogP contribution in [0, 0.1) is 6.92 Å². The molecule has 2 rings (SSSR count). The van der Waals surface area contributed by atoms with Gasteiger partial charge in [0.2, 0.25) is 0 Å². The Morgan fingerprint density at radius 2 is 1.82 bits per heavy atom. The molecule has 2 aromatic rings. The molecule has 0 N–H and O–H groups in total. The Bertz CT molecular complexity index is 565. The molecular formula is C14H14ClNO. The van der Waals surface area contributed by atoms with Crippen molar-refractivity contribution in [2.24, 2.45) is 0 Å². The van der Waals surface area contributed by atoms with Gasteiger partial charge in [0, 0.05) is 13.6 Å². The van der Waals surface area contributed by atoms with Gasteiger partial charge >= 0.3 is 5.37 Å². The zero-order chi connectivity index (χ0) is 12.4. The number of amides is 1. The molecule has 0 aliphatic carbocycles. The lowest BCUT2D eigenvalue weighted by Crippen LogP contribution is -2.19. The van der Waals surface area contributed by atoms with Gasteiger partial charge in [0.15, 0.2) is 0 Å². The largest absolute Gasteiger partial charge is 0.328 e. The van der Waals surface area contributed by atoms with Gasteiger partial charge in [-0.25, -0.2) is 0 Å². The van der Waals surface area contributed by atoms with Crippen LogP contribution in [0.4, 0.5) is 4.79 Å². The predicted molar refractivity (Wildman–Crippen MR) is 71.4 cm³/mol. The van der Waals surface area contributed by atoms with Gasteiger partial charge in [0.1, 0.15) is 0 Å². The molecule has 0 radical (unpaired) electrons. The molecule has 0 bridgehead atoms. The smallest absolute Gasteiger partial charge is 0.316 e. The van der Waals surface area contributed by atoms with Crippen molar-refractivity contribution in [2.45, 2.75) is 13.5 Å². The van der Waals surface area contributed by atoms with Crippen molar-refractivity contribution in [3.05, 3.63) is 47.5 Å². The first kappa shape index (κ1) is 11.9. The predicted octanol–water partition coefficient (Wildman–Crippen LogP) is 3.94. The number of carbonyl (C=O) groups excluding carboxylic acids is 1. The molecular weight excluding hydrogens is 234 g/mol. The van der Waals surface area contributed by atoms with E-state index in [4.69, 9.17) is 11.6 Å². The van der Waals surface area contributed by atoms with E-state index in [9.17, 15) is 4.79 Å². The molecule has 0 aliphatic rings. The van der Waals surface area contributed by atoms with E-state index in [2.05, 4.69) is 37.3 Å². The zero-order valence-electron chi connectivity index (χ0n) is 9.90. The molecule has 0 spiro atoms. The molecule has 2 aromatic carbocycles. The Labute approximate surface area is 106 Å². The van der Waals surface area contributed by atoms with Crippen molar-refractivity contribution in [3.63, 3.8) is 0 Å². The van der Waals surface area contributed by atoms with Crippen LogP contribution in [0.5, 0.6) is 0 Å². The first-order valence-electron chi connectivity index (χ1n) is 5.46. The third kappa shape index (κ3) is 2.77. The Morgan fingerprint density at radius 1 is 1.18 bits per heavy atom. The van der Waals surface area contributed by atoms with Crippen LogP contribution in [0.3, 0.4) is 0 Å². The number of aryl methyl sites for hydroxylation is 1. The SMILES string of the molecule is Cc1ccc2cc(CN(C)C(=O)Cl)ccc2c1. The van der Waals surface area contributed by atoms with Gasteiger partial charge in [0.05, 0.1) is 0 Å². The van der Waals surface area contributed by atoms with E-state index in [0.717, 1.165) is 5.56 Å². The van der Waals surface area contributed by atoms with Crippen LogP contribution < -0.4 is 0 Å². The minimum absolute atomic E-state index is 0.436. The number of hydrogen-bond acceptors (Lipinski definition) is 1. The maximum absolute atomic E-state index is 10.9. The van der Waals surface area contributed by atoms with E-state index in [1.165, 1.54) is 21.2 Å². The number of halogens is 1. The number of carbonyl (C=O) groups is 1. The minimum Gasteiger partial charge on any atom is -0.328 e. The molecule has 0 fully saturated rings. The standard InChI is InChI=1S/C14H14ClNO/c1-10-3-5-13-8-11(4-6-12(13)7-10)9-16(2)14(15)17/h3-8H,9H2,1-2H3. The molecule has 0 heterocycles. The van der Waals surface area contributed by atoms with Crippen LogP contribution in [0.25, 0.3) is 10.8 Å². The molecule has 0 atom stereocenters. The molecule has 0 saturated carbocycles. The highest BCUT2D eigenvalue weighted by molar-refractivity contribution is 6.62. The summed E-state index contributed by atoms with van der Waals surface area (Å²) in [7, 11) is 1.69. The van der Waals surface area contributed by atoms with Crippen LogP contribution in [0.1, 0.15) is 11.1 Å². The summed E-state index contributed by atoms with van der Waals surface area (Å²) in [6, 6.07) is 12.5. The summed E-state index contributed by atoms with van der Waals surface area (Å²) < 4.78 is 0. The van der Waals surface area contributed by atoms with Crippen molar-refractivity contribution in [1.82, 2.24) is 4.90 Å². The second-order valence-corrected chi connectivity index (χ2v) is 4.62. The molecule has 17 heavy (non-hydrogen) atoms. The summed E-state index contributed by atoms with van der Waals surface area (Å²) >= 11 is 5.40. The number of benzene rings is 2. The van der Waals surface area contributed by atoms with E-state index in [1.54, 1.807) is 7.05 Å².